The second kappa shape index (κ2) is 5.38. The number of halogens is 1. The van der Waals surface area contributed by atoms with E-state index < -0.39 is 0 Å². The molecule has 0 aromatic heterocycles. The standard InChI is InChI=1S/C14H20FN3/c1-10-3-2-7-18(8-6-10)13-5-4-11(14(16)17)9-12(13)15/h4-5,9-10H,2-3,6-8H2,1H3,(H3,16,17). The molecule has 2 rings (SSSR count). The lowest BCUT2D eigenvalue weighted by Crippen LogP contribution is -2.25. The minimum Gasteiger partial charge on any atom is -0.384 e. The Bertz CT molecular complexity index is 445. The summed E-state index contributed by atoms with van der Waals surface area (Å²) in [5, 5.41) is 7.31. The van der Waals surface area contributed by atoms with Crippen molar-refractivity contribution in [3.63, 3.8) is 0 Å². The van der Waals surface area contributed by atoms with Gasteiger partial charge in [0.1, 0.15) is 11.7 Å². The Morgan fingerprint density at radius 2 is 2.17 bits per heavy atom. The summed E-state index contributed by atoms with van der Waals surface area (Å²) < 4.78 is 14.0. The third-order valence-corrected chi connectivity index (χ3v) is 3.62. The number of nitrogens with one attached hydrogen (secondary N) is 1. The van der Waals surface area contributed by atoms with Crippen LogP contribution in [0.2, 0.25) is 0 Å². The predicted molar refractivity (Wildman–Crippen MR) is 72.6 cm³/mol. The Morgan fingerprint density at radius 1 is 1.39 bits per heavy atom. The summed E-state index contributed by atoms with van der Waals surface area (Å²) in [6, 6.07) is 4.81. The fourth-order valence-corrected chi connectivity index (χ4v) is 2.43. The topological polar surface area (TPSA) is 53.1 Å². The number of hydrogen-bond acceptors (Lipinski definition) is 2. The van der Waals surface area contributed by atoms with E-state index in [0.717, 1.165) is 31.8 Å². The van der Waals surface area contributed by atoms with Gasteiger partial charge in [-0.15, -0.1) is 0 Å². The monoisotopic (exact) mass is 249 g/mol. The van der Waals surface area contributed by atoms with E-state index in [9.17, 15) is 4.39 Å². The van der Waals surface area contributed by atoms with Crippen LogP contribution in [0.15, 0.2) is 18.2 Å². The second-order valence-electron chi connectivity index (χ2n) is 5.10. The molecule has 1 aromatic rings. The van der Waals surface area contributed by atoms with Gasteiger partial charge in [-0.25, -0.2) is 4.39 Å². The fourth-order valence-electron chi connectivity index (χ4n) is 2.43. The Morgan fingerprint density at radius 3 is 2.83 bits per heavy atom. The van der Waals surface area contributed by atoms with Gasteiger partial charge in [-0.2, -0.15) is 0 Å². The normalized spacial score (nSPS) is 20.6. The van der Waals surface area contributed by atoms with Crippen LogP contribution in [-0.4, -0.2) is 18.9 Å². The molecule has 98 valence electrons. The Balaban J connectivity index is 2.20. The first-order valence-electron chi connectivity index (χ1n) is 6.47. The van der Waals surface area contributed by atoms with Crippen molar-refractivity contribution >= 4 is 11.5 Å². The summed E-state index contributed by atoms with van der Waals surface area (Å²) >= 11 is 0. The molecular formula is C14H20FN3. The first-order valence-corrected chi connectivity index (χ1v) is 6.47. The van der Waals surface area contributed by atoms with Crippen molar-refractivity contribution in [2.75, 3.05) is 18.0 Å². The van der Waals surface area contributed by atoms with Gasteiger partial charge in [-0.3, -0.25) is 5.41 Å². The molecule has 3 N–H and O–H groups in total. The summed E-state index contributed by atoms with van der Waals surface area (Å²) in [5.41, 5.74) is 6.43. The molecule has 0 aliphatic carbocycles. The molecule has 0 saturated carbocycles. The zero-order valence-electron chi connectivity index (χ0n) is 10.7. The Kier molecular flexibility index (Phi) is 3.84. The van der Waals surface area contributed by atoms with Crippen LogP contribution in [0.25, 0.3) is 0 Å². The van der Waals surface area contributed by atoms with Gasteiger partial charge in [-0.05, 0) is 43.4 Å². The molecule has 4 heteroatoms. The van der Waals surface area contributed by atoms with Crippen molar-refractivity contribution < 1.29 is 4.39 Å². The molecule has 0 spiro atoms. The van der Waals surface area contributed by atoms with E-state index in [1.165, 1.54) is 12.5 Å². The van der Waals surface area contributed by atoms with Crippen molar-refractivity contribution in [3.05, 3.63) is 29.6 Å². The molecule has 0 radical (unpaired) electrons. The molecule has 1 saturated heterocycles. The molecule has 1 aromatic carbocycles. The van der Waals surface area contributed by atoms with E-state index in [2.05, 4.69) is 11.8 Å². The van der Waals surface area contributed by atoms with Crippen molar-refractivity contribution in [2.45, 2.75) is 26.2 Å². The van der Waals surface area contributed by atoms with E-state index in [0.29, 0.717) is 11.3 Å². The fraction of sp³-hybridized carbons (Fsp3) is 0.500. The molecule has 1 unspecified atom stereocenters. The van der Waals surface area contributed by atoms with E-state index in [1.54, 1.807) is 12.1 Å². The molecule has 1 aliphatic rings. The number of anilines is 1. The molecule has 1 fully saturated rings. The van der Waals surface area contributed by atoms with E-state index in [-0.39, 0.29) is 11.7 Å². The van der Waals surface area contributed by atoms with Gasteiger partial charge >= 0.3 is 0 Å². The van der Waals surface area contributed by atoms with Gasteiger partial charge in [0.25, 0.3) is 0 Å². The van der Waals surface area contributed by atoms with Crippen LogP contribution in [0.4, 0.5) is 10.1 Å². The van der Waals surface area contributed by atoms with Crippen molar-refractivity contribution in [1.29, 1.82) is 5.41 Å². The maximum absolute atomic E-state index is 14.0. The molecule has 0 bridgehead atoms. The lowest BCUT2D eigenvalue weighted by Gasteiger charge is -2.23. The van der Waals surface area contributed by atoms with E-state index in [4.69, 9.17) is 11.1 Å². The van der Waals surface area contributed by atoms with Crippen molar-refractivity contribution in [3.8, 4) is 0 Å². The Hall–Kier alpha value is -1.58. The number of amidine groups is 1. The number of rotatable bonds is 2. The minimum absolute atomic E-state index is 0.0926. The summed E-state index contributed by atoms with van der Waals surface area (Å²) in [6.45, 7) is 4.05. The quantitative estimate of drug-likeness (QED) is 0.625. The first kappa shape index (κ1) is 12.9. The number of nitrogen functional groups attached to an aromatic ring is 1. The summed E-state index contributed by atoms with van der Waals surface area (Å²) in [4.78, 5) is 2.10. The summed E-state index contributed by atoms with van der Waals surface area (Å²) in [6.07, 6.45) is 3.42. The number of benzene rings is 1. The zero-order chi connectivity index (χ0) is 13.1. The van der Waals surface area contributed by atoms with Crippen molar-refractivity contribution in [2.24, 2.45) is 11.7 Å². The van der Waals surface area contributed by atoms with Crippen LogP contribution in [0, 0.1) is 17.1 Å². The third-order valence-electron chi connectivity index (χ3n) is 3.62. The zero-order valence-corrected chi connectivity index (χ0v) is 10.7. The lowest BCUT2D eigenvalue weighted by atomic mass is 10.0. The van der Waals surface area contributed by atoms with Gasteiger partial charge in [0.2, 0.25) is 0 Å². The van der Waals surface area contributed by atoms with Crippen LogP contribution in [0.5, 0.6) is 0 Å². The Labute approximate surface area is 107 Å². The van der Waals surface area contributed by atoms with Crippen LogP contribution >= 0.6 is 0 Å². The first-order chi connectivity index (χ1) is 8.58. The predicted octanol–water partition coefficient (Wildman–Crippen LogP) is 2.74. The van der Waals surface area contributed by atoms with Crippen LogP contribution < -0.4 is 10.6 Å². The molecule has 3 nitrogen and oxygen atoms in total. The lowest BCUT2D eigenvalue weighted by molar-refractivity contribution is 0.520. The average Bonchev–Trinajstić information content (AvgIpc) is 2.54. The highest BCUT2D eigenvalue weighted by molar-refractivity contribution is 5.95. The van der Waals surface area contributed by atoms with Gasteiger partial charge in [0, 0.05) is 18.7 Å². The number of nitrogens with zero attached hydrogens (tertiary/aromatic N) is 1. The summed E-state index contributed by atoms with van der Waals surface area (Å²) in [5.74, 6) is 0.344. The molecule has 1 atom stereocenters. The highest BCUT2D eigenvalue weighted by Gasteiger charge is 2.17. The average molecular weight is 249 g/mol. The summed E-state index contributed by atoms with van der Waals surface area (Å²) in [7, 11) is 0. The van der Waals surface area contributed by atoms with Gasteiger partial charge < -0.3 is 10.6 Å². The van der Waals surface area contributed by atoms with E-state index in [1.807, 2.05) is 0 Å². The third kappa shape index (κ3) is 2.81. The van der Waals surface area contributed by atoms with E-state index >= 15 is 0 Å². The molecule has 18 heavy (non-hydrogen) atoms. The number of nitrogens with two attached hydrogens (primary N) is 1. The van der Waals surface area contributed by atoms with Gasteiger partial charge in [0.15, 0.2) is 0 Å². The molecule has 1 aliphatic heterocycles. The maximum Gasteiger partial charge on any atom is 0.147 e. The number of hydrogen-bond donors (Lipinski definition) is 2. The van der Waals surface area contributed by atoms with Crippen LogP contribution in [0.3, 0.4) is 0 Å². The molecule has 0 amide bonds. The van der Waals surface area contributed by atoms with Crippen molar-refractivity contribution in [1.82, 2.24) is 0 Å². The SMILES string of the molecule is CC1CCCN(c2ccc(C(=N)N)cc2F)CC1. The van der Waals surface area contributed by atoms with Gasteiger partial charge in [0.05, 0.1) is 5.69 Å². The highest BCUT2D eigenvalue weighted by Crippen LogP contribution is 2.25. The molecule has 1 heterocycles. The maximum atomic E-state index is 14.0. The second-order valence-corrected chi connectivity index (χ2v) is 5.10. The van der Waals surface area contributed by atoms with Gasteiger partial charge in [-0.1, -0.05) is 6.92 Å². The minimum atomic E-state index is -0.280. The highest BCUT2D eigenvalue weighted by atomic mass is 19.1. The smallest absolute Gasteiger partial charge is 0.147 e. The van der Waals surface area contributed by atoms with Crippen LogP contribution in [0.1, 0.15) is 31.7 Å². The van der Waals surface area contributed by atoms with Crippen LogP contribution in [-0.2, 0) is 0 Å². The largest absolute Gasteiger partial charge is 0.384 e. The molecular weight excluding hydrogens is 229 g/mol.